The highest BCUT2D eigenvalue weighted by Crippen LogP contribution is 2.32. The van der Waals surface area contributed by atoms with Gasteiger partial charge < -0.3 is 14.5 Å². The van der Waals surface area contributed by atoms with Gasteiger partial charge in [0.1, 0.15) is 5.75 Å². The molecule has 5 rings (SSSR count). The lowest BCUT2D eigenvalue weighted by molar-refractivity contribution is 0.0748. The molecule has 3 aromatic carbocycles. The predicted molar refractivity (Wildman–Crippen MR) is 143 cm³/mol. The molecular weight excluding hydrogens is 481 g/mol. The second-order valence-electron chi connectivity index (χ2n) is 8.38. The number of piperazine rings is 1. The Hall–Kier alpha value is -3.28. The van der Waals surface area contributed by atoms with E-state index >= 15 is 0 Å². The summed E-state index contributed by atoms with van der Waals surface area (Å²) in [5, 5.41) is 1.78. The molecule has 0 atom stereocenters. The summed E-state index contributed by atoms with van der Waals surface area (Å²) in [5.41, 5.74) is 3.98. The SMILES string of the molecule is CCOc1ccccc1N1CCN(C(=O)c2cc(-c3ccc(Cl)c(Cl)c3)nc3ccccc23)CC1. The van der Waals surface area contributed by atoms with Crippen LogP contribution < -0.4 is 9.64 Å². The molecule has 35 heavy (non-hydrogen) atoms. The first-order chi connectivity index (χ1) is 17.0. The number of fused-ring (bicyclic) bond motifs is 1. The highest BCUT2D eigenvalue weighted by atomic mass is 35.5. The van der Waals surface area contributed by atoms with Crippen molar-refractivity contribution in [2.75, 3.05) is 37.7 Å². The third-order valence-electron chi connectivity index (χ3n) is 6.23. The van der Waals surface area contributed by atoms with Crippen LogP contribution in [0.1, 0.15) is 17.3 Å². The van der Waals surface area contributed by atoms with Crippen molar-refractivity contribution in [2.24, 2.45) is 0 Å². The maximum Gasteiger partial charge on any atom is 0.254 e. The topological polar surface area (TPSA) is 45.7 Å². The fraction of sp³-hybridized carbons (Fsp3) is 0.214. The smallest absolute Gasteiger partial charge is 0.254 e. The Morgan fingerprint density at radius 1 is 0.914 bits per heavy atom. The van der Waals surface area contributed by atoms with Crippen LogP contribution in [0.25, 0.3) is 22.2 Å². The highest BCUT2D eigenvalue weighted by molar-refractivity contribution is 6.42. The number of hydrogen-bond acceptors (Lipinski definition) is 4. The van der Waals surface area contributed by atoms with Gasteiger partial charge in [0.05, 0.1) is 39.1 Å². The number of ether oxygens (including phenoxy) is 1. The number of carbonyl (C=O) groups is 1. The molecule has 178 valence electrons. The quantitative estimate of drug-likeness (QED) is 0.307. The zero-order valence-electron chi connectivity index (χ0n) is 19.4. The number of aromatic nitrogens is 1. The fourth-order valence-corrected chi connectivity index (χ4v) is 4.77. The lowest BCUT2D eigenvalue weighted by Crippen LogP contribution is -2.49. The Morgan fingerprint density at radius 2 is 1.66 bits per heavy atom. The molecule has 5 nitrogen and oxygen atoms in total. The molecule has 0 saturated carbocycles. The summed E-state index contributed by atoms with van der Waals surface area (Å²) in [6.07, 6.45) is 0. The van der Waals surface area contributed by atoms with Gasteiger partial charge >= 0.3 is 0 Å². The second-order valence-corrected chi connectivity index (χ2v) is 9.20. The van der Waals surface area contributed by atoms with Crippen LogP contribution in [0.15, 0.2) is 72.8 Å². The van der Waals surface area contributed by atoms with Crippen molar-refractivity contribution < 1.29 is 9.53 Å². The van der Waals surface area contributed by atoms with Crippen LogP contribution >= 0.6 is 23.2 Å². The number of pyridine rings is 1. The molecule has 1 aliphatic rings. The fourth-order valence-electron chi connectivity index (χ4n) is 4.47. The van der Waals surface area contributed by atoms with Crippen molar-refractivity contribution in [3.63, 3.8) is 0 Å². The molecular formula is C28H25Cl2N3O2. The molecule has 2 heterocycles. The zero-order chi connectivity index (χ0) is 24.4. The molecule has 0 unspecified atom stereocenters. The number of nitrogens with zero attached hydrogens (tertiary/aromatic N) is 3. The van der Waals surface area contributed by atoms with Gasteiger partial charge in [-0.3, -0.25) is 4.79 Å². The van der Waals surface area contributed by atoms with Crippen molar-refractivity contribution in [1.82, 2.24) is 9.88 Å². The third kappa shape index (κ3) is 4.79. The van der Waals surface area contributed by atoms with Crippen molar-refractivity contribution in [1.29, 1.82) is 0 Å². The number of benzene rings is 3. The number of anilines is 1. The first kappa shape index (κ1) is 23.5. The molecule has 0 radical (unpaired) electrons. The lowest BCUT2D eigenvalue weighted by atomic mass is 10.0. The molecule has 0 bridgehead atoms. The number of hydrogen-bond donors (Lipinski definition) is 0. The number of amides is 1. The molecule has 0 spiro atoms. The van der Waals surface area contributed by atoms with E-state index in [0.717, 1.165) is 41.0 Å². The van der Waals surface area contributed by atoms with Gasteiger partial charge in [-0.2, -0.15) is 0 Å². The van der Waals surface area contributed by atoms with E-state index in [1.54, 1.807) is 12.1 Å². The van der Waals surface area contributed by atoms with E-state index < -0.39 is 0 Å². The minimum absolute atomic E-state index is 0.00246. The molecule has 1 amide bonds. The van der Waals surface area contributed by atoms with Gasteiger partial charge in [0.2, 0.25) is 0 Å². The maximum absolute atomic E-state index is 13.7. The first-order valence-electron chi connectivity index (χ1n) is 11.7. The molecule has 0 aliphatic carbocycles. The van der Waals surface area contributed by atoms with E-state index in [-0.39, 0.29) is 5.91 Å². The van der Waals surface area contributed by atoms with Gasteiger partial charge in [0.15, 0.2) is 0 Å². The van der Waals surface area contributed by atoms with Crippen molar-refractivity contribution in [2.45, 2.75) is 6.92 Å². The van der Waals surface area contributed by atoms with Gasteiger partial charge in [-0.25, -0.2) is 4.98 Å². The minimum Gasteiger partial charge on any atom is -0.492 e. The van der Waals surface area contributed by atoms with Crippen LogP contribution in [0.4, 0.5) is 5.69 Å². The Balaban J connectivity index is 1.43. The van der Waals surface area contributed by atoms with Gasteiger partial charge in [-0.05, 0) is 43.3 Å². The Labute approximate surface area is 214 Å². The zero-order valence-corrected chi connectivity index (χ0v) is 20.9. The van der Waals surface area contributed by atoms with E-state index in [2.05, 4.69) is 11.0 Å². The largest absolute Gasteiger partial charge is 0.492 e. The van der Waals surface area contributed by atoms with E-state index in [0.29, 0.717) is 41.0 Å². The lowest BCUT2D eigenvalue weighted by Gasteiger charge is -2.37. The Kier molecular flexibility index (Phi) is 6.80. The third-order valence-corrected chi connectivity index (χ3v) is 6.97. The van der Waals surface area contributed by atoms with Crippen molar-refractivity contribution >= 4 is 45.7 Å². The highest BCUT2D eigenvalue weighted by Gasteiger charge is 2.25. The summed E-state index contributed by atoms with van der Waals surface area (Å²) in [5.74, 6) is 0.879. The van der Waals surface area contributed by atoms with E-state index in [1.807, 2.05) is 66.4 Å². The maximum atomic E-state index is 13.7. The number of carbonyl (C=O) groups excluding carboxylic acids is 1. The number of halogens is 2. The Bertz CT molecular complexity index is 1380. The molecule has 7 heteroatoms. The predicted octanol–water partition coefficient (Wildman–Crippen LogP) is 6.57. The molecule has 0 N–H and O–H groups in total. The summed E-state index contributed by atoms with van der Waals surface area (Å²) in [6.45, 7) is 5.32. The standard InChI is InChI=1S/C28H25Cl2N3O2/c1-2-35-27-10-6-5-9-26(27)32-13-15-33(16-14-32)28(34)21-18-25(19-11-12-22(29)23(30)17-19)31-24-8-4-3-7-20(21)24/h3-12,17-18H,2,13-16H2,1H3. The average Bonchev–Trinajstić information content (AvgIpc) is 2.90. The van der Waals surface area contributed by atoms with Crippen LogP contribution in [-0.4, -0.2) is 48.6 Å². The summed E-state index contributed by atoms with van der Waals surface area (Å²) in [6, 6.07) is 23.1. The van der Waals surface area contributed by atoms with Gasteiger partial charge in [-0.15, -0.1) is 0 Å². The number of para-hydroxylation sites is 3. The van der Waals surface area contributed by atoms with Crippen LogP contribution in [-0.2, 0) is 0 Å². The van der Waals surface area contributed by atoms with E-state index in [4.69, 9.17) is 32.9 Å². The van der Waals surface area contributed by atoms with E-state index in [9.17, 15) is 4.79 Å². The summed E-state index contributed by atoms with van der Waals surface area (Å²) >= 11 is 12.4. The molecule has 1 aromatic heterocycles. The van der Waals surface area contributed by atoms with Crippen LogP contribution in [0, 0.1) is 0 Å². The minimum atomic E-state index is 0.00246. The van der Waals surface area contributed by atoms with Crippen molar-refractivity contribution in [3.05, 3.63) is 88.4 Å². The van der Waals surface area contributed by atoms with Gasteiger partial charge in [0, 0.05) is 37.1 Å². The summed E-state index contributed by atoms with van der Waals surface area (Å²) < 4.78 is 5.81. The monoisotopic (exact) mass is 505 g/mol. The van der Waals surface area contributed by atoms with Gasteiger partial charge in [0.25, 0.3) is 5.91 Å². The van der Waals surface area contributed by atoms with Gasteiger partial charge in [-0.1, -0.05) is 59.6 Å². The van der Waals surface area contributed by atoms with Crippen LogP contribution in [0.2, 0.25) is 10.0 Å². The second kappa shape index (κ2) is 10.1. The average molecular weight is 506 g/mol. The molecule has 1 aliphatic heterocycles. The molecule has 1 fully saturated rings. The first-order valence-corrected chi connectivity index (χ1v) is 12.4. The number of rotatable bonds is 5. The molecule has 1 saturated heterocycles. The van der Waals surface area contributed by atoms with Crippen molar-refractivity contribution in [3.8, 4) is 17.0 Å². The van der Waals surface area contributed by atoms with E-state index in [1.165, 1.54) is 0 Å². The summed E-state index contributed by atoms with van der Waals surface area (Å²) in [7, 11) is 0. The van der Waals surface area contributed by atoms with Crippen LogP contribution in [0.5, 0.6) is 5.75 Å². The summed E-state index contributed by atoms with van der Waals surface area (Å²) in [4.78, 5) is 22.7. The molecule has 4 aromatic rings. The normalized spacial score (nSPS) is 13.8. The van der Waals surface area contributed by atoms with Crippen LogP contribution in [0.3, 0.4) is 0 Å². The Morgan fingerprint density at radius 3 is 2.43 bits per heavy atom.